The Morgan fingerprint density at radius 3 is 2.33 bits per heavy atom. The third kappa shape index (κ3) is 8.50. The van der Waals surface area contributed by atoms with Gasteiger partial charge in [-0.2, -0.15) is 5.26 Å². The van der Waals surface area contributed by atoms with Crippen molar-refractivity contribution in [2.45, 2.75) is 4.90 Å². The number of thiophene rings is 1. The largest absolute Gasteiger partial charge is 0.497 e. The average molecular weight is 675 g/mol. The lowest BCUT2D eigenvalue weighted by molar-refractivity contribution is -0.114. The van der Waals surface area contributed by atoms with Gasteiger partial charge in [-0.15, -0.1) is 23.1 Å². The van der Waals surface area contributed by atoms with Crippen molar-refractivity contribution in [3.05, 3.63) is 131 Å². The van der Waals surface area contributed by atoms with Gasteiger partial charge in [0.1, 0.15) is 28.3 Å². The highest BCUT2D eigenvalue weighted by atomic mass is 32.2. The number of benzene rings is 4. The molecule has 0 bridgehead atoms. The van der Waals surface area contributed by atoms with Crippen LogP contribution in [0.2, 0.25) is 0 Å². The first-order chi connectivity index (χ1) is 23.4. The molecule has 9 nitrogen and oxygen atoms in total. The van der Waals surface area contributed by atoms with Crippen LogP contribution in [-0.4, -0.2) is 37.7 Å². The minimum Gasteiger partial charge on any atom is -0.497 e. The Hall–Kier alpha value is -5.83. The zero-order chi connectivity index (χ0) is 33.9. The quantitative estimate of drug-likeness (QED) is 0.0926. The predicted molar refractivity (Wildman–Crippen MR) is 190 cm³/mol. The number of carbonyl (C=O) groups excluding carboxylic acids is 3. The van der Waals surface area contributed by atoms with Gasteiger partial charge in [-0.3, -0.25) is 14.4 Å². The Labute approximate surface area is 286 Å². The summed E-state index contributed by atoms with van der Waals surface area (Å²) >= 11 is 2.58. The van der Waals surface area contributed by atoms with E-state index in [1.165, 1.54) is 43.4 Å². The fraction of sp³-hybridized carbons (Fsp3) is 0.0811. The Bertz CT molecular complexity index is 2000. The van der Waals surface area contributed by atoms with Crippen LogP contribution in [-0.2, 0) is 9.59 Å². The van der Waals surface area contributed by atoms with Gasteiger partial charge < -0.3 is 25.4 Å². The van der Waals surface area contributed by atoms with E-state index >= 15 is 0 Å². The van der Waals surface area contributed by atoms with Gasteiger partial charge in [0.25, 0.3) is 11.8 Å². The third-order valence-corrected chi connectivity index (χ3v) is 8.86. The van der Waals surface area contributed by atoms with Crippen LogP contribution in [0.3, 0.4) is 0 Å². The zero-order valence-electron chi connectivity index (χ0n) is 26.0. The van der Waals surface area contributed by atoms with E-state index in [2.05, 4.69) is 22.0 Å². The number of nitrogens with zero attached hydrogens (tertiary/aromatic N) is 1. The molecular weight excluding hydrogens is 645 g/mol. The van der Waals surface area contributed by atoms with Gasteiger partial charge in [-0.05, 0) is 60.2 Å². The summed E-state index contributed by atoms with van der Waals surface area (Å²) < 4.78 is 10.8. The number of amides is 3. The standard InChI is InChI=1S/C37H30N4O5S2/c1-45-28-16-17-33(46-2)26(18-28)19-32(40-35(43)25-12-7-4-8-13-25)36(44)39-27-14-9-15-29(20-27)47-23-34(42)41-37-30(21-38)31(22-48-37)24-10-5-3-6-11-24/h3-20,22H,23H2,1-2H3,(H,39,44)(H,40,43)(H,41,42)/b32-19+. The highest BCUT2D eigenvalue weighted by molar-refractivity contribution is 8.00. The van der Waals surface area contributed by atoms with Crippen molar-refractivity contribution < 1.29 is 23.9 Å². The lowest BCUT2D eigenvalue weighted by Crippen LogP contribution is -2.30. The Kier molecular flexibility index (Phi) is 11.3. The van der Waals surface area contributed by atoms with Crippen LogP contribution in [0.1, 0.15) is 21.5 Å². The van der Waals surface area contributed by atoms with Gasteiger partial charge in [0.15, 0.2) is 0 Å². The molecule has 0 unspecified atom stereocenters. The molecule has 0 aliphatic rings. The number of rotatable bonds is 12. The molecule has 0 aliphatic carbocycles. The van der Waals surface area contributed by atoms with Crippen molar-refractivity contribution in [3.8, 4) is 28.7 Å². The Balaban J connectivity index is 1.29. The van der Waals surface area contributed by atoms with Gasteiger partial charge in [0.05, 0.1) is 25.5 Å². The van der Waals surface area contributed by atoms with Crippen molar-refractivity contribution in [2.24, 2.45) is 0 Å². The minimum absolute atomic E-state index is 0.0213. The van der Waals surface area contributed by atoms with Crippen LogP contribution >= 0.6 is 23.1 Å². The van der Waals surface area contributed by atoms with E-state index in [9.17, 15) is 19.6 Å². The second-order valence-corrected chi connectivity index (χ2v) is 12.1. The number of hydrogen-bond acceptors (Lipinski definition) is 8. The molecule has 11 heteroatoms. The minimum atomic E-state index is -0.569. The maximum absolute atomic E-state index is 13.6. The number of nitriles is 1. The molecule has 240 valence electrons. The van der Waals surface area contributed by atoms with Gasteiger partial charge in [0, 0.05) is 32.7 Å². The van der Waals surface area contributed by atoms with Crippen molar-refractivity contribution in [1.82, 2.24) is 5.32 Å². The van der Waals surface area contributed by atoms with Crippen LogP contribution in [0, 0.1) is 11.3 Å². The summed E-state index contributed by atoms with van der Waals surface area (Å²) in [5.41, 5.74) is 3.43. The van der Waals surface area contributed by atoms with Gasteiger partial charge in [-0.25, -0.2) is 0 Å². The molecule has 4 aromatic carbocycles. The first kappa shape index (κ1) is 33.5. The molecule has 1 aromatic heterocycles. The molecule has 0 saturated heterocycles. The van der Waals surface area contributed by atoms with E-state index in [0.29, 0.717) is 38.9 Å². The predicted octanol–water partition coefficient (Wildman–Crippen LogP) is 7.44. The van der Waals surface area contributed by atoms with Gasteiger partial charge in [-0.1, -0.05) is 54.6 Å². The van der Waals surface area contributed by atoms with Gasteiger partial charge >= 0.3 is 0 Å². The number of carbonyl (C=O) groups is 3. The summed E-state index contributed by atoms with van der Waals surface area (Å²) in [6, 6.07) is 32.5. The molecule has 3 N–H and O–H groups in total. The molecule has 5 rings (SSSR count). The van der Waals surface area contributed by atoms with Crippen molar-refractivity contribution in [3.63, 3.8) is 0 Å². The maximum Gasteiger partial charge on any atom is 0.272 e. The van der Waals surface area contributed by atoms with E-state index in [0.717, 1.165) is 16.0 Å². The van der Waals surface area contributed by atoms with E-state index in [-0.39, 0.29) is 17.4 Å². The summed E-state index contributed by atoms with van der Waals surface area (Å²) in [6.45, 7) is 0. The molecule has 0 aliphatic heterocycles. The lowest BCUT2D eigenvalue weighted by atomic mass is 10.1. The second-order valence-electron chi connectivity index (χ2n) is 10.1. The summed E-state index contributed by atoms with van der Waals surface area (Å²) in [5.74, 6) is -0.199. The van der Waals surface area contributed by atoms with Gasteiger partial charge in [0.2, 0.25) is 5.91 Å². The summed E-state index contributed by atoms with van der Waals surface area (Å²) in [6.07, 6.45) is 1.52. The van der Waals surface area contributed by atoms with Crippen LogP contribution in [0.15, 0.2) is 119 Å². The van der Waals surface area contributed by atoms with E-state index in [1.54, 1.807) is 66.7 Å². The molecule has 1 heterocycles. The van der Waals surface area contributed by atoms with Crippen LogP contribution < -0.4 is 25.4 Å². The van der Waals surface area contributed by atoms with E-state index in [4.69, 9.17) is 9.47 Å². The highest BCUT2D eigenvalue weighted by Crippen LogP contribution is 2.35. The number of anilines is 2. The molecular formula is C37H30N4O5S2. The molecule has 0 saturated carbocycles. The zero-order valence-corrected chi connectivity index (χ0v) is 27.6. The van der Waals surface area contributed by atoms with Crippen molar-refractivity contribution in [2.75, 3.05) is 30.6 Å². The summed E-state index contributed by atoms with van der Waals surface area (Å²) in [7, 11) is 3.04. The number of ether oxygens (including phenoxy) is 2. The Morgan fingerprint density at radius 1 is 0.875 bits per heavy atom. The Morgan fingerprint density at radius 2 is 1.62 bits per heavy atom. The number of hydrogen-bond donors (Lipinski definition) is 3. The summed E-state index contributed by atoms with van der Waals surface area (Å²) in [5, 5.41) is 20.6. The van der Waals surface area contributed by atoms with E-state index in [1.807, 2.05) is 41.8 Å². The first-order valence-electron chi connectivity index (χ1n) is 14.6. The molecule has 0 radical (unpaired) electrons. The average Bonchev–Trinajstić information content (AvgIpc) is 3.53. The van der Waals surface area contributed by atoms with Crippen molar-refractivity contribution in [1.29, 1.82) is 5.26 Å². The van der Waals surface area contributed by atoms with Crippen LogP contribution in [0.25, 0.3) is 17.2 Å². The number of nitrogens with one attached hydrogen (secondary N) is 3. The molecule has 5 aromatic rings. The number of thioether (sulfide) groups is 1. The smallest absolute Gasteiger partial charge is 0.272 e. The molecule has 0 atom stereocenters. The highest BCUT2D eigenvalue weighted by Gasteiger charge is 2.18. The normalized spacial score (nSPS) is 10.8. The topological polar surface area (TPSA) is 130 Å². The SMILES string of the molecule is COc1ccc(OC)c(/C=C(/NC(=O)c2ccccc2)C(=O)Nc2cccc(SCC(=O)Nc3scc(-c4ccccc4)c3C#N)c2)c1. The molecule has 0 spiro atoms. The molecule has 0 fully saturated rings. The molecule has 3 amide bonds. The monoisotopic (exact) mass is 674 g/mol. The first-order valence-corrected chi connectivity index (χ1v) is 16.5. The van der Waals surface area contributed by atoms with Crippen LogP contribution in [0.4, 0.5) is 10.7 Å². The fourth-order valence-electron chi connectivity index (χ4n) is 4.61. The molecule has 48 heavy (non-hydrogen) atoms. The van der Waals surface area contributed by atoms with Crippen molar-refractivity contribution >= 4 is 57.6 Å². The maximum atomic E-state index is 13.6. The second kappa shape index (κ2) is 16.1. The third-order valence-electron chi connectivity index (χ3n) is 6.97. The van der Waals surface area contributed by atoms with E-state index < -0.39 is 11.8 Å². The summed E-state index contributed by atoms with van der Waals surface area (Å²) in [4.78, 5) is 40.3. The number of methoxy groups -OCH3 is 2. The lowest BCUT2D eigenvalue weighted by Gasteiger charge is -2.13. The fourth-order valence-corrected chi connectivity index (χ4v) is 6.31. The van der Waals surface area contributed by atoms with Crippen LogP contribution in [0.5, 0.6) is 11.5 Å².